The van der Waals surface area contributed by atoms with Gasteiger partial charge in [-0.2, -0.15) is 0 Å². The Morgan fingerprint density at radius 3 is 2.57 bits per heavy atom. The third kappa shape index (κ3) is 4.78. The van der Waals surface area contributed by atoms with E-state index >= 15 is 0 Å². The summed E-state index contributed by atoms with van der Waals surface area (Å²) in [6.07, 6.45) is 4.27. The summed E-state index contributed by atoms with van der Waals surface area (Å²) < 4.78 is 5.02. The number of ether oxygens (including phenoxy) is 1. The molecule has 0 aliphatic rings. The van der Waals surface area contributed by atoms with E-state index in [-0.39, 0.29) is 0 Å². The Labute approximate surface area is 119 Å². The maximum Gasteiger partial charge on any atom is 0.341 e. The molecule has 8 heteroatoms. The van der Waals surface area contributed by atoms with Crippen LogP contribution in [0.5, 0.6) is 5.75 Å². The van der Waals surface area contributed by atoms with Crippen molar-refractivity contribution in [3.8, 4) is 5.75 Å². The third-order valence-corrected chi connectivity index (χ3v) is 2.27. The van der Waals surface area contributed by atoms with Crippen molar-refractivity contribution in [2.24, 2.45) is 0 Å². The summed E-state index contributed by atoms with van der Waals surface area (Å²) in [7, 11) is 0. The second-order valence-corrected chi connectivity index (χ2v) is 3.92. The minimum absolute atomic E-state index is 0.346. The minimum atomic E-state index is -1.07. The Balaban J connectivity index is 1.94. The van der Waals surface area contributed by atoms with Crippen LogP contribution in [0.3, 0.4) is 0 Å². The van der Waals surface area contributed by atoms with Crippen LogP contribution in [-0.2, 0) is 4.79 Å². The number of amides is 2. The Kier molecular flexibility index (Phi) is 4.65. The molecule has 8 nitrogen and oxygen atoms in total. The average Bonchev–Trinajstić information content (AvgIpc) is 2.46. The van der Waals surface area contributed by atoms with Crippen LogP contribution in [-0.4, -0.2) is 33.7 Å². The number of anilines is 2. The third-order valence-electron chi connectivity index (χ3n) is 2.27. The van der Waals surface area contributed by atoms with Gasteiger partial charge in [-0.3, -0.25) is 0 Å². The van der Waals surface area contributed by atoms with Crippen molar-refractivity contribution < 1.29 is 19.4 Å². The second kappa shape index (κ2) is 6.85. The van der Waals surface area contributed by atoms with Gasteiger partial charge in [-0.05, 0) is 12.1 Å². The van der Waals surface area contributed by atoms with Crippen molar-refractivity contribution in [3.05, 3.63) is 43.0 Å². The Morgan fingerprint density at radius 1 is 1.14 bits per heavy atom. The number of carbonyl (C=O) groups is 2. The lowest BCUT2D eigenvalue weighted by molar-refractivity contribution is -0.139. The summed E-state index contributed by atoms with van der Waals surface area (Å²) in [4.78, 5) is 29.7. The SMILES string of the molecule is O=C(O)COc1cccc(NC(=O)Nc2cncnc2)c1. The molecule has 1 aromatic heterocycles. The molecule has 2 rings (SSSR count). The zero-order chi connectivity index (χ0) is 15.1. The van der Waals surface area contributed by atoms with Crippen molar-refractivity contribution in [1.29, 1.82) is 0 Å². The topological polar surface area (TPSA) is 113 Å². The summed E-state index contributed by atoms with van der Waals surface area (Å²) in [5.74, 6) is -0.728. The number of carboxylic acids is 1. The van der Waals surface area contributed by atoms with Gasteiger partial charge in [0.05, 0.1) is 18.1 Å². The minimum Gasteiger partial charge on any atom is -0.482 e. The van der Waals surface area contributed by atoms with Gasteiger partial charge in [0.2, 0.25) is 0 Å². The van der Waals surface area contributed by atoms with Crippen molar-refractivity contribution >= 4 is 23.4 Å². The number of rotatable bonds is 5. The first-order chi connectivity index (χ1) is 10.1. The number of hydrogen-bond acceptors (Lipinski definition) is 5. The number of carbonyl (C=O) groups excluding carboxylic acids is 1. The first-order valence-corrected chi connectivity index (χ1v) is 5.91. The van der Waals surface area contributed by atoms with E-state index in [9.17, 15) is 9.59 Å². The predicted molar refractivity (Wildman–Crippen MR) is 74.2 cm³/mol. The summed E-state index contributed by atoms with van der Waals surface area (Å²) in [6.45, 7) is -0.447. The average molecular weight is 288 g/mol. The van der Waals surface area contributed by atoms with Crippen LogP contribution < -0.4 is 15.4 Å². The lowest BCUT2D eigenvalue weighted by Crippen LogP contribution is -2.19. The molecule has 0 aliphatic carbocycles. The molecule has 0 aliphatic heterocycles. The van der Waals surface area contributed by atoms with Crippen LogP contribution in [0.25, 0.3) is 0 Å². The van der Waals surface area contributed by atoms with Crippen LogP contribution in [0, 0.1) is 0 Å². The number of nitrogens with zero attached hydrogens (tertiary/aromatic N) is 2. The van der Waals surface area contributed by atoms with Crippen LogP contribution in [0.1, 0.15) is 0 Å². The zero-order valence-electron chi connectivity index (χ0n) is 10.8. The number of benzene rings is 1. The molecular weight excluding hydrogens is 276 g/mol. The van der Waals surface area contributed by atoms with E-state index in [1.807, 2.05) is 0 Å². The molecule has 1 aromatic carbocycles. The van der Waals surface area contributed by atoms with Gasteiger partial charge in [0, 0.05) is 11.8 Å². The van der Waals surface area contributed by atoms with E-state index in [0.29, 0.717) is 17.1 Å². The highest BCUT2D eigenvalue weighted by molar-refractivity contribution is 5.99. The van der Waals surface area contributed by atoms with Crippen molar-refractivity contribution in [3.63, 3.8) is 0 Å². The molecule has 0 unspecified atom stereocenters. The van der Waals surface area contributed by atoms with Gasteiger partial charge >= 0.3 is 12.0 Å². The summed E-state index contributed by atoms with van der Waals surface area (Å²) in [5, 5.41) is 13.7. The number of urea groups is 1. The first kappa shape index (κ1) is 14.3. The van der Waals surface area contributed by atoms with Gasteiger partial charge < -0.3 is 20.5 Å². The number of aromatic nitrogens is 2. The maximum absolute atomic E-state index is 11.7. The predicted octanol–water partition coefficient (Wildman–Crippen LogP) is 1.58. The monoisotopic (exact) mass is 288 g/mol. The first-order valence-electron chi connectivity index (χ1n) is 5.91. The number of nitrogens with one attached hydrogen (secondary N) is 2. The van der Waals surface area contributed by atoms with Crippen molar-refractivity contribution in [2.45, 2.75) is 0 Å². The quantitative estimate of drug-likeness (QED) is 0.769. The molecule has 3 N–H and O–H groups in total. The van der Waals surface area contributed by atoms with Gasteiger partial charge in [0.15, 0.2) is 6.61 Å². The van der Waals surface area contributed by atoms with E-state index in [2.05, 4.69) is 20.6 Å². The lowest BCUT2D eigenvalue weighted by Gasteiger charge is -2.08. The van der Waals surface area contributed by atoms with E-state index in [4.69, 9.17) is 9.84 Å². The fourth-order valence-electron chi connectivity index (χ4n) is 1.47. The molecule has 2 amide bonds. The summed E-state index contributed by atoms with van der Waals surface area (Å²) >= 11 is 0. The van der Waals surface area contributed by atoms with Gasteiger partial charge in [-0.1, -0.05) is 6.07 Å². The van der Waals surface area contributed by atoms with Crippen LogP contribution in [0.15, 0.2) is 43.0 Å². The molecular formula is C13H12N4O4. The fraction of sp³-hybridized carbons (Fsp3) is 0.0769. The smallest absolute Gasteiger partial charge is 0.341 e. The number of carboxylic acid groups (broad SMARTS) is 1. The molecule has 0 fully saturated rings. The van der Waals surface area contributed by atoms with E-state index in [1.165, 1.54) is 24.8 Å². The zero-order valence-corrected chi connectivity index (χ0v) is 10.8. The molecule has 1 heterocycles. The van der Waals surface area contributed by atoms with E-state index in [1.54, 1.807) is 18.2 Å². The highest BCUT2D eigenvalue weighted by atomic mass is 16.5. The molecule has 0 bridgehead atoms. The van der Waals surface area contributed by atoms with Gasteiger partial charge in [0.25, 0.3) is 0 Å². The molecule has 0 saturated carbocycles. The molecule has 108 valence electrons. The molecule has 21 heavy (non-hydrogen) atoms. The second-order valence-electron chi connectivity index (χ2n) is 3.92. The Hall–Kier alpha value is -3.16. The van der Waals surface area contributed by atoms with E-state index in [0.717, 1.165) is 0 Å². The van der Waals surface area contributed by atoms with Crippen molar-refractivity contribution in [1.82, 2.24) is 9.97 Å². The molecule has 0 atom stereocenters. The number of hydrogen-bond donors (Lipinski definition) is 3. The van der Waals surface area contributed by atoms with Crippen LogP contribution in [0.4, 0.5) is 16.2 Å². The molecule has 2 aromatic rings. The summed E-state index contributed by atoms with van der Waals surface area (Å²) in [6, 6.07) is 5.92. The standard InChI is InChI=1S/C13H12N4O4/c18-12(19)7-21-11-3-1-2-9(4-11)16-13(20)17-10-5-14-8-15-6-10/h1-6,8H,7H2,(H,18,19)(H2,16,17,20). The normalized spacial score (nSPS) is 9.71. The Morgan fingerprint density at radius 2 is 1.86 bits per heavy atom. The van der Waals surface area contributed by atoms with Crippen molar-refractivity contribution in [2.75, 3.05) is 17.2 Å². The summed E-state index contributed by atoms with van der Waals surface area (Å²) in [5.41, 5.74) is 0.917. The number of aliphatic carboxylic acids is 1. The maximum atomic E-state index is 11.7. The van der Waals surface area contributed by atoms with Crippen LogP contribution >= 0.6 is 0 Å². The largest absolute Gasteiger partial charge is 0.482 e. The highest BCUT2D eigenvalue weighted by Gasteiger charge is 2.05. The highest BCUT2D eigenvalue weighted by Crippen LogP contribution is 2.17. The molecule has 0 radical (unpaired) electrons. The Bertz CT molecular complexity index is 633. The van der Waals surface area contributed by atoms with Gasteiger partial charge in [0.1, 0.15) is 12.1 Å². The van der Waals surface area contributed by atoms with Crippen LogP contribution in [0.2, 0.25) is 0 Å². The lowest BCUT2D eigenvalue weighted by atomic mass is 10.3. The van der Waals surface area contributed by atoms with Gasteiger partial charge in [-0.15, -0.1) is 0 Å². The van der Waals surface area contributed by atoms with E-state index < -0.39 is 18.6 Å². The fourth-order valence-corrected chi connectivity index (χ4v) is 1.47. The van der Waals surface area contributed by atoms with Gasteiger partial charge in [-0.25, -0.2) is 19.6 Å². The molecule has 0 spiro atoms. The molecule has 0 saturated heterocycles.